The first-order valence-electron chi connectivity index (χ1n) is 16.6. The van der Waals surface area contributed by atoms with E-state index in [-0.39, 0.29) is 18.0 Å². The molecule has 4 aliphatic heterocycles. The summed E-state index contributed by atoms with van der Waals surface area (Å²) in [4.78, 5) is 38.4. The van der Waals surface area contributed by atoms with Crippen LogP contribution in [-0.4, -0.2) is 125 Å². The van der Waals surface area contributed by atoms with Crippen LogP contribution in [0.3, 0.4) is 0 Å². The number of para-hydroxylation sites is 1. The molecule has 0 aliphatic carbocycles. The summed E-state index contributed by atoms with van der Waals surface area (Å²) in [6.45, 7) is 9.54. The van der Waals surface area contributed by atoms with Gasteiger partial charge >= 0.3 is 6.03 Å². The van der Waals surface area contributed by atoms with Gasteiger partial charge in [-0.1, -0.05) is 41.9 Å². The average Bonchev–Trinajstić information content (AvgIpc) is 3.06. The Balaban J connectivity index is 1.07. The molecule has 0 bridgehead atoms. The number of aryl methyl sites for hydroxylation is 1. The Morgan fingerprint density at radius 3 is 2.31 bits per heavy atom. The number of benzene rings is 2. The van der Waals surface area contributed by atoms with Crippen molar-refractivity contribution >= 4 is 29.2 Å². The zero-order valence-corrected chi connectivity index (χ0v) is 27.4. The summed E-state index contributed by atoms with van der Waals surface area (Å²) >= 11 is 6.29. The molecule has 0 radical (unpaired) electrons. The molecule has 45 heavy (non-hydrogen) atoms. The van der Waals surface area contributed by atoms with E-state index in [1.165, 1.54) is 0 Å². The van der Waals surface area contributed by atoms with Gasteiger partial charge in [-0.05, 0) is 68.5 Å². The van der Waals surface area contributed by atoms with E-state index in [0.717, 1.165) is 74.2 Å². The number of likely N-dealkylation sites (tertiary alicyclic amines) is 2. The Hall–Kier alpha value is -2.89. The SMILES string of the molecule is Cc1cc(CC(NC(=O)N2CCC(N3Cc4ccccc4NC3O)CC2)C(=O)N2CCC(N3CCN(C)CC3)CC2)ccc1Cl. The third-order valence-electron chi connectivity index (χ3n) is 10.3. The van der Waals surface area contributed by atoms with Crippen molar-refractivity contribution in [2.24, 2.45) is 0 Å². The van der Waals surface area contributed by atoms with Crippen LogP contribution in [0.5, 0.6) is 0 Å². The maximum absolute atomic E-state index is 14.0. The Kier molecular flexibility index (Phi) is 10.2. The van der Waals surface area contributed by atoms with Crippen molar-refractivity contribution < 1.29 is 14.7 Å². The van der Waals surface area contributed by atoms with Crippen molar-refractivity contribution in [3.8, 4) is 0 Å². The molecule has 4 heterocycles. The number of amides is 3. The molecule has 2 aromatic rings. The lowest BCUT2D eigenvalue weighted by atomic mass is 9.99. The average molecular weight is 638 g/mol. The number of piperidine rings is 2. The molecule has 4 aliphatic rings. The van der Waals surface area contributed by atoms with Gasteiger partial charge in [-0.3, -0.25) is 14.6 Å². The van der Waals surface area contributed by atoms with Gasteiger partial charge in [0.15, 0.2) is 6.35 Å². The number of fused-ring (bicyclic) bond motifs is 1. The highest BCUT2D eigenvalue weighted by Gasteiger charge is 2.36. The molecular weight excluding hydrogens is 590 g/mol. The lowest BCUT2D eigenvalue weighted by molar-refractivity contribution is -0.135. The monoisotopic (exact) mass is 637 g/mol. The number of urea groups is 1. The summed E-state index contributed by atoms with van der Waals surface area (Å²) in [5.74, 6) is -0.0103. The fraction of sp³-hybridized carbons (Fsp3) is 0.588. The van der Waals surface area contributed by atoms with E-state index in [0.29, 0.717) is 50.2 Å². The summed E-state index contributed by atoms with van der Waals surface area (Å²) in [5.41, 5.74) is 4.06. The number of nitrogens with zero attached hydrogens (tertiary/aromatic N) is 5. The highest BCUT2D eigenvalue weighted by molar-refractivity contribution is 6.31. The minimum atomic E-state index is -0.754. The molecule has 3 saturated heterocycles. The van der Waals surface area contributed by atoms with Crippen molar-refractivity contribution in [3.05, 3.63) is 64.2 Å². The minimum Gasteiger partial charge on any atom is -0.361 e. The smallest absolute Gasteiger partial charge is 0.318 e. The number of nitrogens with one attached hydrogen (secondary N) is 2. The molecule has 3 fully saturated rings. The number of carbonyl (C=O) groups is 2. The molecule has 11 heteroatoms. The number of hydrogen-bond acceptors (Lipinski definition) is 7. The van der Waals surface area contributed by atoms with E-state index in [4.69, 9.17) is 11.6 Å². The third-order valence-corrected chi connectivity index (χ3v) is 10.7. The van der Waals surface area contributed by atoms with Gasteiger partial charge in [0.05, 0.1) is 0 Å². The summed E-state index contributed by atoms with van der Waals surface area (Å²) in [5, 5.41) is 17.8. The van der Waals surface area contributed by atoms with E-state index in [2.05, 4.69) is 38.4 Å². The first kappa shape index (κ1) is 32.1. The van der Waals surface area contributed by atoms with Crippen LogP contribution in [0.25, 0.3) is 0 Å². The fourth-order valence-electron chi connectivity index (χ4n) is 7.40. The second-order valence-corrected chi connectivity index (χ2v) is 13.7. The lowest BCUT2D eigenvalue weighted by Crippen LogP contribution is -2.58. The molecule has 3 N–H and O–H groups in total. The Bertz CT molecular complexity index is 1340. The van der Waals surface area contributed by atoms with E-state index < -0.39 is 12.4 Å². The molecule has 0 aromatic heterocycles. The highest BCUT2D eigenvalue weighted by Crippen LogP contribution is 2.29. The quantitative estimate of drug-likeness (QED) is 0.448. The summed E-state index contributed by atoms with van der Waals surface area (Å²) < 4.78 is 0. The van der Waals surface area contributed by atoms with Crippen LogP contribution in [0.15, 0.2) is 42.5 Å². The largest absolute Gasteiger partial charge is 0.361 e. The number of aliphatic hydroxyl groups excluding tert-OH is 1. The van der Waals surface area contributed by atoms with Gasteiger partial charge in [0.25, 0.3) is 0 Å². The predicted octanol–water partition coefficient (Wildman–Crippen LogP) is 3.18. The molecule has 244 valence electrons. The van der Waals surface area contributed by atoms with Crippen molar-refractivity contribution in [2.45, 2.75) is 70.0 Å². The van der Waals surface area contributed by atoms with Crippen LogP contribution in [0, 0.1) is 6.92 Å². The summed E-state index contributed by atoms with van der Waals surface area (Å²) in [6, 6.07) is 13.7. The Morgan fingerprint density at radius 1 is 0.933 bits per heavy atom. The number of rotatable bonds is 6. The van der Waals surface area contributed by atoms with Gasteiger partial charge in [-0.2, -0.15) is 0 Å². The zero-order chi connectivity index (χ0) is 31.5. The van der Waals surface area contributed by atoms with Crippen LogP contribution in [0.4, 0.5) is 10.5 Å². The first-order valence-corrected chi connectivity index (χ1v) is 16.9. The standard InChI is InChI=1S/C34H48ClN7O3/c1-24-21-25(7-8-29(24)35)22-31(32(43)40-13-9-27(10-14-40)39-19-17-38(2)18-20-39)37-33(44)41-15-11-28(12-16-41)42-23-26-5-3-4-6-30(26)36-34(42)45/h3-8,21,27-28,31,34,36,45H,9-20,22-23H2,1-2H3,(H,37,44). The molecule has 2 unspecified atom stereocenters. The van der Waals surface area contributed by atoms with Crippen molar-refractivity contribution in [3.63, 3.8) is 0 Å². The summed E-state index contributed by atoms with van der Waals surface area (Å²) in [7, 11) is 2.17. The van der Waals surface area contributed by atoms with Crippen molar-refractivity contribution in [1.29, 1.82) is 0 Å². The van der Waals surface area contributed by atoms with Crippen molar-refractivity contribution in [1.82, 2.24) is 29.8 Å². The van der Waals surface area contributed by atoms with E-state index in [1.807, 2.05) is 53.1 Å². The van der Waals surface area contributed by atoms with Crippen LogP contribution < -0.4 is 10.6 Å². The normalized spacial score (nSPS) is 23.3. The van der Waals surface area contributed by atoms with Gasteiger partial charge < -0.3 is 30.4 Å². The topological polar surface area (TPSA) is 94.6 Å². The third kappa shape index (κ3) is 7.58. The van der Waals surface area contributed by atoms with Gasteiger partial charge in [0.1, 0.15) is 6.04 Å². The number of hydrogen-bond donors (Lipinski definition) is 3. The summed E-state index contributed by atoms with van der Waals surface area (Å²) in [6.07, 6.45) is 3.10. The van der Waals surface area contributed by atoms with Gasteiger partial charge in [0.2, 0.25) is 5.91 Å². The highest BCUT2D eigenvalue weighted by atomic mass is 35.5. The van der Waals surface area contributed by atoms with Crippen LogP contribution in [-0.2, 0) is 17.8 Å². The second kappa shape index (κ2) is 14.3. The van der Waals surface area contributed by atoms with E-state index in [1.54, 1.807) is 0 Å². The number of piperazine rings is 1. The maximum Gasteiger partial charge on any atom is 0.318 e. The van der Waals surface area contributed by atoms with E-state index >= 15 is 0 Å². The molecular formula is C34H48ClN7O3. The van der Waals surface area contributed by atoms with Crippen LogP contribution in [0.2, 0.25) is 5.02 Å². The van der Waals surface area contributed by atoms with Gasteiger partial charge in [-0.15, -0.1) is 0 Å². The molecule has 2 aromatic carbocycles. The molecule has 3 amide bonds. The number of aliphatic hydroxyl groups is 1. The minimum absolute atomic E-state index is 0.0103. The number of likely N-dealkylation sites (N-methyl/N-ethyl adjacent to an activating group) is 1. The van der Waals surface area contributed by atoms with Crippen LogP contribution in [0.1, 0.15) is 42.4 Å². The Morgan fingerprint density at radius 2 is 1.60 bits per heavy atom. The maximum atomic E-state index is 14.0. The molecule has 0 spiro atoms. The number of halogens is 1. The molecule has 6 rings (SSSR count). The van der Waals surface area contributed by atoms with Crippen LogP contribution >= 0.6 is 11.6 Å². The van der Waals surface area contributed by atoms with Gasteiger partial charge in [0, 0.05) is 88.1 Å². The predicted molar refractivity (Wildman–Crippen MR) is 177 cm³/mol. The Labute approximate surface area is 272 Å². The zero-order valence-electron chi connectivity index (χ0n) is 26.6. The fourth-order valence-corrected chi connectivity index (χ4v) is 7.52. The second-order valence-electron chi connectivity index (χ2n) is 13.3. The van der Waals surface area contributed by atoms with Crippen molar-refractivity contribution in [2.75, 3.05) is 64.7 Å². The molecule has 2 atom stereocenters. The lowest BCUT2D eigenvalue weighted by Gasteiger charge is -2.44. The number of anilines is 1. The molecule has 0 saturated carbocycles. The first-order chi connectivity index (χ1) is 21.7. The van der Waals surface area contributed by atoms with E-state index in [9.17, 15) is 14.7 Å². The van der Waals surface area contributed by atoms with Gasteiger partial charge in [-0.25, -0.2) is 4.79 Å². The molecule has 10 nitrogen and oxygen atoms in total. The number of carbonyl (C=O) groups excluding carboxylic acids is 2.